The van der Waals surface area contributed by atoms with E-state index in [1.54, 1.807) is 6.26 Å². The molecule has 1 unspecified atom stereocenters. The van der Waals surface area contributed by atoms with Gasteiger partial charge in [-0.15, -0.1) is 12.4 Å². The number of benzene rings is 1. The third-order valence-corrected chi connectivity index (χ3v) is 4.15. The first-order valence-electron chi connectivity index (χ1n) is 7.92. The van der Waals surface area contributed by atoms with Crippen LogP contribution in [0.2, 0.25) is 0 Å². The number of nitrogens with two attached hydrogens (primary N) is 1. The second-order valence-corrected chi connectivity index (χ2v) is 5.75. The van der Waals surface area contributed by atoms with Crippen LogP contribution in [0.25, 0.3) is 6.08 Å². The molecule has 2 atom stereocenters. The highest BCUT2D eigenvalue weighted by molar-refractivity contribution is 5.85. The summed E-state index contributed by atoms with van der Waals surface area (Å²) in [5.74, 6) is 1.24. The maximum absolute atomic E-state index is 5.50. The van der Waals surface area contributed by atoms with E-state index < -0.39 is 0 Å². The van der Waals surface area contributed by atoms with Gasteiger partial charge in [-0.05, 0) is 24.3 Å². The highest BCUT2D eigenvalue weighted by Gasteiger charge is 2.38. The lowest BCUT2D eigenvalue weighted by Crippen LogP contribution is -2.18. The molecular weight excluding hydrogens is 310 g/mol. The van der Waals surface area contributed by atoms with Crippen LogP contribution in [-0.4, -0.2) is 11.0 Å². The molecule has 3 N–H and O–H groups in total. The summed E-state index contributed by atoms with van der Waals surface area (Å²) in [4.78, 5) is 4.32. The number of hydrogen-bond acceptors (Lipinski definition) is 4. The zero-order valence-electron chi connectivity index (χ0n) is 13.4. The summed E-state index contributed by atoms with van der Waals surface area (Å²) in [6.07, 6.45) is 6.31. The molecule has 23 heavy (non-hydrogen) atoms. The van der Waals surface area contributed by atoms with Crippen molar-refractivity contribution in [1.29, 1.82) is 0 Å². The largest absolute Gasteiger partial charge is 0.447 e. The summed E-state index contributed by atoms with van der Waals surface area (Å²) in [5, 5.41) is 3.56. The number of nitrogens with zero attached hydrogens (tertiary/aromatic N) is 1. The van der Waals surface area contributed by atoms with Gasteiger partial charge in [0, 0.05) is 12.6 Å². The average molecular weight is 334 g/mol. The minimum atomic E-state index is 0. The summed E-state index contributed by atoms with van der Waals surface area (Å²) in [5.41, 5.74) is 9.23. The fraction of sp³-hybridized carbons (Fsp3) is 0.389. The zero-order chi connectivity index (χ0) is 15.4. The molecule has 0 spiro atoms. The molecule has 124 valence electrons. The molecular formula is C18H24ClN3O. The monoisotopic (exact) mass is 333 g/mol. The maximum atomic E-state index is 5.50. The van der Waals surface area contributed by atoms with Gasteiger partial charge in [-0.25, -0.2) is 4.98 Å². The van der Waals surface area contributed by atoms with Gasteiger partial charge in [0.1, 0.15) is 6.26 Å². The standard InChI is InChI=1S/C18H23N3O.ClH/c1-2-14(8-13-6-4-3-5-7-13)16-9-17(16)20-11-15-12-22-18(10-19)21-15;/h3-8,12,16-17,20H,2,9-11,19H2,1H3;1H/t16-,17?;/m0./s1. The van der Waals surface area contributed by atoms with Gasteiger partial charge in [0.15, 0.2) is 0 Å². The van der Waals surface area contributed by atoms with Crippen molar-refractivity contribution in [3.05, 3.63) is 59.3 Å². The third-order valence-electron chi connectivity index (χ3n) is 4.15. The van der Waals surface area contributed by atoms with E-state index in [2.05, 4.69) is 53.6 Å². The van der Waals surface area contributed by atoms with Gasteiger partial charge >= 0.3 is 0 Å². The molecule has 3 rings (SSSR count). The van der Waals surface area contributed by atoms with Crippen LogP contribution in [0.3, 0.4) is 0 Å². The van der Waals surface area contributed by atoms with E-state index >= 15 is 0 Å². The molecule has 2 aromatic rings. The summed E-state index contributed by atoms with van der Waals surface area (Å²) in [6, 6.07) is 11.1. The fourth-order valence-corrected chi connectivity index (χ4v) is 2.82. The Kier molecular flexibility index (Phi) is 6.39. The molecule has 1 saturated carbocycles. The van der Waals surface area contributed by atoms with E-state index in [9.17, 15) is 0 Å². The van der Waals surface area contributed by atoms with Gasteiger partial charge in [-0.2, -0.15) is 0 Å². The lowest BCUT2D eigenvalue weighted by atomic mass is 10.0. The quantitative estimate of drug-likeness (QED) is 0.813. The second-order valence-electron chi connectivity index (χ2n) is 5.75. The smallest absolute Gasteiger partial charge is 0.208 e. The van der Waals surface area contributed by atoms with Crippen LogP contribution < -0.4 is 11.1 Å². The Bertz CT molecular complexity index is 639. The van der Waals surface area contributed by atoms with E-state index in [4.69, 9.17) is 10.2 Å². The number of rotatable bonds is 7. The Balaban J connectivity index is 0.00000192. The Morgan fingerprint density at radius 3 is 2.83 bits per heavy atom. The van der Waals surface area contributed by atoms with Gasteiger partial charge < -0.3 is 15.5 Å². The zero-order valence-corrected chi connectivity index (χ0v) is 14.2. The third kappa shape index (κ3) is 4.67. The van der Waals surface area contributed by atoms with Crippen LogP contribution in [0.4, 0.5) is 0 Å². The van der Waals surface area contributed by atoms with Gasteiger partial charge in [0.05, 0.1) is 12.2 Å². The van der Waals surface area contributed by atoms with Crippen molar-refractivity contribution in [2.75, 3.05) is 0 Å². The summed E-state index contributed by atoms with van der Waals surface area (Å²) < 4.78 is 5.25. The first kappa shape index (κ1) is 17.7. The minimum Gasteiger partial charge on any atom is -0.447 e. The highest BCUT2D eigenvalue weighted by Crippen LogP contribution is 2.39. The Morgan fingerprint density at radius 2 is 2.17 bits per heavy atom. The first-order valence-corrected chi connectivity index (χ1v) is 7.92. The molecule has 5 heteroatoms. The topological polar surface area (TPSA) is 64.1 Å². The van der Waals surface area contributed by atoms with Gasteiger partial charge in [0.25, 0.3) is 0 Å². The SMILES string of the molecule is CCC(=Cc1ccccc1)[C@@H]1CC1NCc1coc(CN)n1.Cl. The second kappa shape index (κ2) is 8.29. The predicted molar refractivity (Wildman–Crippen MR) is 95.1 cm³/mol. The molecule has 4 nitrogen and oxygen atoms in total. The highest BCUT2D eigenvalue weighted by atomic mass is 35.5. The molecule has 1 fully saturated rings. The lowest BCUT2D eigenvalue weighted by Gasteiger charge is -2.05. The Hall–Kier alpha value is -1.62. The van der Waals surface area contributed by atoms with Crippen LogP contribution in [0.15, 0.2) is 46.6 Å². The molecule has 1 aromatic heterocycles. The van der Waals surface area contributed by atoms with Crippen molar-refractivity contribution in [2.45, 2.75) is 38.9 Å². The van der Waals surface area contributed by atoms with Crippen molar-refractivity contribution in [3.63, 3.8) is 0 Å². The molecule has 0 aliphatic heterocycles. The van der Waals surface area contributed by atoms with E-state index in [0.29, 0.717) is 24.4 Å². The summed E-state index contributed by atoms with van der Waals surface area (Å²) >= 11 is 0. The van der Waals surface area contributed by atoms with E-state index in [1.807, 2.05) is 0 Å². The van der Waals surface area contributed by atoms with Crippen LogP contribution >= 0.6 is 12.4 Å². The van der Waals surface area contributed by atoms with Crippen LogP contribution in [0.1, 0.15) is 36.9 Å². The van der Waals surface area contributed by atoms with Gasteiger partial charge in [0.2, 0.25) is 5.89 Å². The van der Waals surface area contributed by atoms with Gasteiger partial charge in [-0.1, -0.05) is 48.9 Å². The maximum Gasteiger partial charge on any atom is 0.208 e. The number of hydrogen-bond donors (Lipinski definition) is 2. The first-order chi connectivity index (χ1) is 10.8. The van der Waals surface area contributed by atoms with Crippen molar-refractivity contribution in [2.24, 2.45) is 11.7 Å². The molecule has 1 aliphatic rings. The molecule has 1 aliphatic carbocycles. The van der Waals surface area contributed by atoms with Crippen LogP contribution in [-0.2, 0) is 13.1 Å². The predicted octanol–water partition coefficient (Wildman–Crippen LogP) is 3.53. The van der Waals surface area contributed by atoms with Crippen molar-refractivity contribution < 1.29 is 4.42 Å². The minimum absolute atomic E-state index is 0. The molecule has 0 radical (unpaired) electrons. The summed E-state index contributed by atoms with van der Waals surface area (Å²) in [7, 11) is 0. The molecule has 0 saturated heterocycles. The lowest BCUT2D eigenvalue weighted by molar-refractivity contribution is 0.497. The van der Waals surface area contributed by atoms with E-state index in [1.165, 1.54) is 17.6 Å². The van der Waals surface area contributed by atoms with Crippen molar-refractivity contribution in [3.8, 4) is 0 Å². The van der Waals surface area contributed by atoms with E-state index in [-0.39, 0.29) is 12.4 Å². The number of oxazole rings is 1. The molecule has 0 bridgehead atoms. The number of aromatic nitrogens is 1. The number of halogens is 1. The Labute approximate surface area is 143 Å². The normalized spacial score (nSPS) is 20.2. The van der Waals surface area contributed by atoms with Crippen molar-refractivity contribution in [1.82, 2.24) is 10.3 Å². The molecule has 1 aromatic carbocycles. The molecule has 1 heterocycles. The fourth-order valence-electron chi connectivity index (χ4n) is 2.82. The molecule has 0 amide bonds. The Morgan fingerprint density at radius 1 is 1.39 bits per heavy atom. The average Bonchev–Trinajstić information content (AvgIpc) is 3.18. The van der Waals surface area contributed by atoms with E-state index in [0.717, 1.165) is 18.7 Å². The number of nitrogens with one attached hydrogen (secondary N) is 1. The summed E-state index contributed by atoms with van der Waals surface area (Å²) in [6.45, 7) is 3.33. The van der Waals surface area contributed by atoms with Gasteiger partial charge in [-0.3, -0.25) is 0 Å². The van der Waals surface area contributed by atoms with Crippen molar-refractivity contribution >= 4 is 18.5 Å². The van der Waals surface area contributed by atoms with Crippen LogP contribution in [0.5, 0.6) is 0 Å². The van der Waals surface area contributed by atoms with Crippen LogP contribution in [0, 0.1) is 5.92 Å².